The number of esters is 1. The predicted molar refractivity (Wildman–Crippen MR) is 97.2 cm³/mol. The molecule has 0 radical (unpaired) electrons. The van der Waals surface area contributed by atoms with Crippen LogP contribution in [0.5, 0.6) is 0 Å². The molecule has 1 fully saturated rings. The molecule has 1 aromatic carbocycles. The maximum atomic E-state index is 12.5. The Hall–Kier alpha value is -1.53. The average Bonchev–Trinajstić information content (AvgIpc) is 2.61. The Morgan fingerprint density at radius 1 is 1.33 bits per heavy atom. The summed E-state index contributed by atoms with van der Waals surface area (Å²) >= 11 is 1.61. The first-order valence-corrected chi connectivity index (χ1v) is 9.63. The van der Waals surface area contributed by atoms with Crippen molar-refractivity contribution in [2.45, 2.75) is 37.6 Å². The zero-order chi connectivity index (χ0) is 17.5. The number of likely N-dealkylation sites (tertiary alicyclic amines) is 1. The second-order valence-electron chi connectivity index (χ2n) is 5.93. The number of ether oxygens (including phenoxy) is 1. The first kappa shape index (κ1) is 18.8. The van der Waals surface area contributed by atoms with E-state index < -0.39 is 0 Å². The molecule has 1 N–H and O–H groups in total. The van der Waals surface area contributed by atoms with E-state index in [-0.39, 0.29) is 23.8 Å². The summed E-state index contributed by atoms with van der Waals surface area (Å²) in [6, 6.07) is 7.58. The van der Waals surface area contributed by atoms with Gasteiger partial charge in [0.25, 0.3) is 0 Å². The van der Waals surface area contributed by atoms with Gasteiger partial charge in [0.1, 0.15) is 0 Å². The van der Waals surface area contributed by atoms with Gasteiger partial charge in [0, 0.05) is 4.90 Å². The number of thioether (sulfide) groups is 1. The highest BCUT2D eigenvalue weighted by atomic mass is 32.2. The van der Waals surface area contributed by atoms with Crippen LogP contribution in [0.15, 0.2) is 29.2 Å². The highest BCUT2D eigenvalue weighted by Gasteiger charge is 2.30. The lowest BCUT2D eigenvalue weighted by molar-refractivity contribution is -0.149. The van der Waals surface area contributed by atoms with Gasteiger partial charge in [-0.25, -0.2) is 0 Å². The van der Waals surface area contributed by atoms with Crippen LogP contribution in [0.3, 0.4) is 0 Å². The molecule has 0 saturated carbocycles. The average molecular weight is 350 g/mol. The molecule has 0 aliphatic carbocycles. The Kier molecular flexibility index (Phi) is 7.12. The zero-order valence-electron chi connectivity index (χ0n) is 14.6. The van der Waals surface area contributed by atoms with Crippen molar-refractivity contribution in [2.24, 2.45) is 5.92 Å². The number of piperidine rings is 1. The Morgan fingerprint density at radius 3 is 2.62 bits per heavy atom. The van der Waals surface area contributed by atoms with Crippen LogP contribution in [-0.2, 0) is 14.3 Å². The molecule has 0 aromatic heterocycles. The van der Waals surface area contributed by atoms with Crippen molar-refractivity contribution in [3.05, 3.63) is 24.3 Å². The molecule has 1 aromatic rings. The standard InChI is InChI=1S/C18H26N2O3S/c1-4-23-18(22)14-9-11-20(12-10-14)13(2)17(21)19-15-7-5-6-8-16(15)24-3/h5-8,13-14H,4,9-12H2,1-3H3,(H,19,21). The number of amides is 1. The Balaban J connectivity index is 1.89. The first-order chi connectivity index (χ1) is 11.6. The van der Waals surface area contributed by atoms with E-state index in [1.165, 1.54) is 0 Å². The molecule has 6 heteroatoms. The van der Waals surface area contributed by atoms with Gasteiger partial charge >= 0.3 is 5.97 Å². The first-order valence-electron chi connectivity index (χ1n) is 8.41. The lowest BCUT2D eigenvalue weighted by atomic mass is 9.96. The molecule has 132 valence electrons. The summed E-state index contributed by atoms with van der Waals surface area (Å²) in [7, 11) is 0. The van der Waals surface area contributed by atoms with E-state index in [0.29, 0.717) is 6.61 Å². The third kappa shape index (κ3) is 4.74. The van der Waals surface area contributed by atoms with Gasteiger partial charge < -0.3 is 10.1 Å². The number of benzene rings is 1. The number of carbonyl (C=O) groups excluding carboxylic acids is 2. The molecule has 1 unspecified atom stereocenters. The van der Waals surface area contributed by atoms with Gasteiger partial charge in [0.2, 0.25) is 5.91 Å². The Labute approximate surface area is 148 Å². The van der Waals surface area contributed by atoms with E-state index in [4.69, 9.17) is 4.74 Å². The minimum absolute atomic E-state index is 0.00825. The highest BCUT2D eigenvalue weighted by molar-refractivity contribution is 7.98. The number of para-hydroxylation sites is 1. The minimum atomic E-state index is -0.219. The molecule has 0 bridgehead atoms. The number of carbonyl (C=O) groups is 2. The molecule has 0 spiro atoms. The van der Waals surface area contributed by atoms with E-state index in [0.717, 1.165) is 36.5 Å². The molecule has 2 rings (SSSR count). The highest BCUT2D eigenvalue weighted by Crippen LogP contribution is 2.25. The van der Waals surface area contributed by atoms with Gasteiger partial charge in [-0.05, 0) is 58.2 Å². The van der Waals surface area contributed by atoms with Crippen LogP contribution >= 0.6 is 11.8 Å². The third-order valence-electron chi connectivity index (χ3n) is 4.44. The molecule has 1 aliphatic heterocycles. The summed E-state index contributed by atoms with van der Waals surface area (Å²) in [5, 5.41) is 3.02. The SMILES string of the molecule is CCOC(=O)C1CCN(C(C)C(=O)Nc2ccccc2SC)CC1. The van der Waals surface area contributed by atoms with Gasteiger partial charge in [0.15, 0.2) is 0 Å². The molecule has 1 heterocycles. The maximum Gasteiger partial charge on any atom is 0.309 e. The molecule has 1 aliphatic rings. The van der Waals surface area contributed by atoms with Crippen molar-refractivity contribution in [3.8, 4) is 0 Å². The largest absolute Gasteiger partial charge is 0.466 e. The van der Waals surface area contributed by atoms with Crippen LogP contribution in [0.2, 0.25) is 0 Å². The molecular formula is C18H26N2O3S. The van der Waals surface area contributed by atoms with Crippen molar-refractivity contribution in [2.75, 3.05) is 31.3 Å². The van der Waals surface area contributed by atoms with Gasteiger partial charge in [-0.15, -0.1) is 11.8 Å². The lowest BCUT2D eigenvalue weighted by Gasteiger charge is -2.34. The molecule has 1 amide bonds. The lowest BCUT2D eigenvalue weighted by Crippen LogP contribution is -2.47. The van der Waals surface area contributed by atoms with Crippen LogP contribution in [0.25, 0.3) is 0 Å². The van der Waals surface area contributed by atoms with Gasteiger partial charge in [-0.3, -0.25) is 14.5 Å². The van der Waals surface area contributed by atoms with E-state index in [1.54, 1.807) is 11.8 Å². The summed E-state index contributed by atoms with van der Waals surface area (Å²) in [6.07, 6.45) is 3.49. The maximum absolute atomic E-state index is 12.5. The van der Waals surface area contributed by atoms with E-state index >= 15 is 0 Å². The van der Waals surface area contributed by atoms with E-state index in [9.17, 15) is 9.59 Å². The van der Waals surface area contributed by atoms with Crippen molar-refractivity contribution >= 4 is 29.3 Å². The molecule has 5 nitrogen and oxygen atoms in total. The summed E-state index contributed by atoms with van der Waals surface area (Å²) in [5.74, 6) is -0.150. The summed E-state index contributed by atoms with van der Waals surface area (Å²) < 4.78 is 5.09. The number of nitrogens with zero attached hydrogens (tertiary/aromatic N) is 1. The number of hydrogen-bond donors (Lipinski definition) is 1. The fraction of sp³-hybridized carbons (Fsp3) is 0.556. The van der Waals surface area contributed by atoms with Crippen LogP contribution in [0, 0.1) is 5.92 Å². The number of nitrogens with one attached hydrogen (secondary N) is 1. The van der Waals surface area contributed by atoms with Crippen LogP contribution in [0.4, 0.5) is 5.69 Å². The summed E-state index contributed by atoms with van der Waals surface area (Å²) in [6.45, 7) is 5.64. The van der Waals surface area contributed by atoms with Crippen molar-refractivity contribution in [1.82, 2.24) is 4.90 Å². The van der Waals surface area contributed by atoms with Gasteiger partial charge in [-0.2, -0.15) is 0 Å². The monoisotopic (exact) mass is 350 g/mol. The van der Waals surface area contributed by atoms with Crippen LogP contribution < -0.4 is 5.32 Å². The fourth-order valence-electron chi connectivity index (χ4n) is 2.93. The topological polar surface area (TPSA) is 58.6 Å². The fourth-order valence-corrected chi connectivity index (χ4v) is 3.49. The molecule has 1 saturated heterocycles. The smallest absolute Gasteiger partial charge is 0.309 e. The Bertz CT molecular complexity index is 571. The number of hydrogen-bond acceptors (Lipinski definition) is 5. The second kappa shape index (κ2) is 9.08. The van der Waals surface area contributed by atoms with Crippen LogP contribution in [-0.4, -0.2) is 48.8 Å². The molecule has 24 heavy (non-hydrogen) atoms. The van der Waals surface area contributed by atoms with Gasteiger partial charge in [0.05, 0.1) is 24.3 Å². The molecular weight excluding hydrogens is 324 g/mol. The summed E-state index contributed by atoms with van der Waals surface area (Å²) in [5.41, 5.74) is 0.850. The summed E-state index contributed by atoms with van der Waals surface area (Å²) in [4.78, 5) is 27.5. The van der Waals surface area contributed by atoms with E-state index in [1.807, 2.05) is 44.4 Å². The molecule has 1 atom stereocenters. The quantitative estimate of drug-likeness (QED) is 0.631. The van der Waals surface area contributed by atoms with Crippen molar-refractivity contribution in [3.63, 3.8) is 0 Å². The zero-order valence-corrected chi connectivity index (χ0v) is 15.4. The normalized spacial score (nSPS) is 17.3. The second-order valence-corrected chi connectivity index (χ2v) is 6.78. The van der Waals surface area contributed by atoms with E-state index in [2.05, 4.69) is 10.2 Å². The number of rotatable bonds is 6. The Morgan fingerprint density at radius 2 is 2.00 bits per heavy atom. The van der Waals surface area contributed by atoms with Crippen molar-refractivity contribution < 1.29 is 14.3 Å². The number of anilines is 1. The van der Waals surface area contributed by atoms with Gasteiger partial charge in [-0.1, -0.05) is 12.1 Å². The van der Waals surface area contributed by atoms with Crippen molar-refractivity contribution in [1.29, 1.82) is 0 Å². The third-order valence-corrected chi connectivity index (χ3v) is 5.24. The predicted octanol–water partition coefficient (Wildman–Crippen LogP) is 3.01. The van der Waals surface area contributed by atoms with Crippen LogP contribution in [0.1, 0.15) is 26.7 Å². The minimum Gasteiger partial charge on any atom is -0.466 e.